The largest absolute Gasteiger partial charge is 0.220 e. The standard InChI is InChI=1S/C9H11BrNP/c1-6-4-7(2)9(11-12-10)8(3)5-6/h4-5H,1-3H3. The number of hydrogen-bond donors (Lipinski definition) is 0. The summed E-state index contributed by atoms with van der Waals surface area (Å²) >= 11 is 3.28. The molecule has 1 nitrogen and oxygen atoms in total. The summed E-state index contributed by atoms with van der Waals surface area (Å²) in [4.78, 5) is 0. The fourth-order valence-electron chi connectivity index (χ4n) is 1.37. The van der Waals surface area contributed by atoms with Gasteiger partial charge in [-0.3, -0.25) is 0 Å². The molecule has 0 aliphatic rings. The maximum absolute atomic E-state index is 4.34. The molecule has 0 atom stereocenters. The summed E-state index contributed by atoms with van der Waals surface area (Å²) in [6.07, 6.45) is 0. The average Bonchev–Trinajstić information content (AvgIpc) is 1.96. The Hall–Kier alpha value is -0.200. The van der Waals surface area contributed by atoms with Crippen molar-refractivity contribution in [2.45, 2.75) is 20.8 Å². The van der Waals surface area contributed by atoms with E-state index in [9.17, 15) is 0 Å². The minimum Gasteiger partial charge on any atom is -0.220 e. The molecule has 0 amide bonds. The van der Waals surface area contributed by atoms with Crippen LogP contribution in [0.2, 0.25) is 0 Å². The van der Waals surface area contributed by atoms with Gasteiger partial charge < -0.3 is 0 Å². The van der Waals surface area contributed by atoms with Gasteiger partial charge in [0.1, 0.15) is 0 Å². The Morgan fingerprint density at radius 3 is 2.08 bits per heavy atom. The molecule has 1 rings (SSSR count). The van der Waals surface area contributed by atoms with E-state index < -0.39 is 0 Å². The molecule has 0 bridgehead atoms. The van der Waals surface area contributed by atoms with Gasteiger partial charge in [-0.15, -0.1) is 0 Å². The SMILES string of the molecule is Cc1cc(C)c(N=PBr)c(C)c1. The van der Waals surface area contributed by atoms with Crippen molar-refractivity contribution in [1.29, 1.82) is 0 Å². The molecule has 0 aromatic heterocycles. The van der Waals surface area contributed by atoms with Crippen molar-refractivity contribution in [3.05, 3.63) is 28.8 Å². The van der Waals surface area contributed by atoms with Crippen molar-refractivity contribution in [3.8, 4) is 0 Å². The summed E-state index contributed by atoms with van der Waals surface area (Å²) in [6.45, 7) is 6.30. The van der Waals surface area contributed by atoms with Crippen LogP contribution in [0.4, 0.5) is 5.69 Å². The van der Waals surface area contributed by atoms with Crippen LogP contribution in [-0.2, 0) is 0 Å². The van der Waals surface area contributed by atoms with Gasteiger partial charge in [0, 0.05) is 15.5 Å². The van der Waals surface area contributed by atoms with E-state index in [0.29, 0.717) is 0 Å². The van der Waals surface area contributed by atoms with Gasteiger partial charge in [0.05, 0.1) is 12.8 Å². The van der Waals surface area contributed by atoms with E-state index in [-0.39, 0.29) is 0 Å². The highest BCUT2D eigenvalue weighted by molar-refractivity contribution is 9.35. The van der Waals surface area contributed by atoms with Crippen LogP contribution in [0.25, 0.3) is 0 Å². The zero-order valence-electron chi connectivity index (χ0n) is 7.43. The van der Waals surface area contributed by atoms with E-state index in [1.54, 1.807) is 0 Å². The van der Waals surface area contributed by atoms with Crippen LogP contribution in [0.5, 0.6) is 0 Å². The van der Waals surface area contributed by atoms with Gasteiger partial charge >= 0.3 is 0 Å². The quantitative estimate of drug-likeness (QED) is 0.636. The lowest BCUT2D eigenvalue weighted by Crippen LogP contribution is -1.81. The molecule has 3 heteroatoms. The highest BCUT2D eigenvalue weighted by Gasteiger charge is 2.00. The Bertz CT molecular complexity index is 297. The topological polar surface area (TPSA) is 12.4 Å². The summed E-state index contributed by atoms with van der Waals surface area (Å²) in [5.41, 5.74) is 4.91. The van der Waals surface area contributed by atoms with Gasteiger partial charge in [-0.05, 0) is 31.9 Å². The summed E-state index contributed by atoms with van der Waals surface area (Å²) in [5.74, 6) is 0. The van der Waals surface area contributed by atoms with E-state index in [1.165, 1.54) is 16.7 Å². The molecule has 12 heavy (non-hydrogen) atoms. The second-order valence-corrected chi connectivity index (χ2v) is 4.23. The van der Waals surface area contributed by atoms with Crippen molar-refractivity contribution < 1.29 is 0 Å². The lowest BCUT2D eigenvalue weighted by atomic mass is 10.1. The van der Waals surface area contributed by atoms with Crippen molar-refractivity contribution in [3.63, 3.8) is 0 Å². The van der Waals surface area contributed by atoms with E-state index in [0.717, 1.165) is 12.8 Å². The fraction of sp³-hybridized carbons (Fsp3) is 0.333. The Morgan fingerprint density at radius 1 is 1.17 bits per heavy atom. The minimum atomic E-state index is 0.894. The molecule has 0 radical (unpaired) electrons. The second kappa shape index (κ2) is 4.15. The van der Waals surface area contributed by atoms with Crippen LogP contribution in [-0.4, -0.2) is 0 Å². The van der Waals surface area contributed by atoms with Crippen LogP contribution in [0.1, 0.15) is 16.7 Å². The maximum Gasteiger partial charge on any atom is 0.0896 e. The van der Waals surface area contributed by atoms with Gasteiger partial charge in [0.2, 0.25) is 0 Å². The Balaban J connectivity index is 3.28. The minimum absolute atomic E-state index is 0.894. The van der Waals surface area contributed by atoms with Gasteiger partial charge in [-0.2, -0.15) is 0 Å². The predicted octanol–water partition coefficient (Wildman–Crippen LogP) is 4.68. The Kier molecular flexibility index (Phi) is 3.42. The first kappa shape index (κ1) is 9.88. The van der Waals surface area contributed by atoms with Gasteiger partial charge in [-0.25, -0.2) is 4.74 Å². The number of aryl methyl sites for hydroxylation is 3. The van der Waals surface area contributed by atoms with Gasteiger partial charge in [-0.1, -0.05) is 17.7 Å². The summed E-state index contributed by atoms with van der Waals surface area (Å²) < 4.78 is 4.34. The van der Waals surface area contributed by atoms with Crippen LogP contribution >= 0.6 is 22.6 Å². The lowest BCUT2D eigenvalue weighted by Gasteiger charge is -2.04. The molecule has 1 aromatic rings. The van der Waals surface area contributed by atoms with Crippen molar-refractivity contribution in [1.82, 2.24) is 0 Å². The monoisotopic (exact) mass is 243 g/mol. The van der Waals surface area contributed by atoms with Crippen molar-refractivity contribution >= 4 is 28.3 Å². The van der Waals surface area contributed by atoms with E-state index in [1.807, 2.05) is 0 Å². The highest BCUT2D eigenvalue weighted by Crippen LogP contribution is 2.29. The molecule has 0 heterocycles. The lowest BCUT2D eigenvalue weighted by molar-refractivity contribution is 1.30. The third-order valence-electron chi connectivity index (χ3n) is 1.77. The molecule has 0 aliphatic carbocycles. The number of nitrogens with zero attached hydrogens (tertiary/aromatic N) is 1. The molecule has 0 saturated carbocycles. The molecule has 1 aromatic carbocycles. The second-order valence-electron chi connectivity index (χ2n) is 2.92. The zero-order chi connectivity index (χ0) is 9.14. The third-order valence-corrected chi connectivity index (χ3v) is 2.52. The average molecular weight is 244 g/mol. The molecule has 0 saturated heterocycles. The molecule has 0 N–H and O–H groups in total. The first-order chi connectivity index (χ1) is 5.65. The molecule has 0 fully saturated rings. The van der Waals surface area contributed by atoms with E-state index in [2.05, 4.69) is 53.1 Å². The summed E-state index contributed by atoms with van der Waals surface area (Å²) in [6, 6.07) is 4.31. The number of benzene rings is 1. The molecule has 0 unspecified atom stereocenters. The first-order valence-electron chi connectivity index (χ1n) is 3.75. The number of rotatable bonds is 1. The molecular formula is C9H11BrNP. The Labute approximate surface area is 82.8 Å². The van der Waals surface area contributed by atoms with Crippen LogP contribution in [0.3, 0.4) is 0 Å². The predicted molar refractivity (Wildman–Crippen MR) is 58.6 cm³/mol. The molecular weight excluding hydrogens is 233 g/mol. The molecule has 64 valence electrons. The van der Waals surface area contributed by atoms with E-state index in [4.69, 9.17) is 0 Å². The first-order valence-corrected chi connectivity index (χ1v) is 6.61. The highest BCUT2D eigenvalue weighted by atomic mass is 79.9. The Morgan fingerprint density at radius 2 is 1.67 bits per heavy atom. The zero-order valence-corrected chi connectivity index (χ0v) is 9.91. The normalized spacial score (nSPS) is 11.0. The van der Waals surface area contributed by atoms with Gasteiger partial charge in [0.25, 0.3) is 0 Å². The van der Waals surface area contributed by atoms with E-state index >= 15 is 0 Å². The summed E-state index contributed by atoms with van der Waals surface area (Å²) in [5, 5.41) is 0. The van der Waals surface area contributed by atoms with Crippen molar-refractivity contribution in [2.24, 2.45) is 4.74 Å². The van der Waals surface area contributed by atoms with Crippen LogP contribution in [0.15, 0.2) is 16.9 Å². The van der Waals surface area contributed by atoms with Crippen molar-refractivity contribution in [2.75, 3.05) is 0 Å². The maximum atomic E-state index is 4.34. The molecule has 0 spiro atoms. The fourth-order valence-corrected chi connectivity index (χ4v) is 2.23. The smallest absolute Gasteiger partial charge is 0.0896 e. The van der Waals surface area contributed by atoms with Gasteiger partial charge in [0.15, 0.2) is 0 Å². The van der Waals surface area contributed by atoms with Crippen LogP contribution < -0.4 is 0 Å². The number of hydrogen-bond acceptors (Lipinski definition) is 1. The molecule has 0 aliphatic heterocycles. The summed E-state index contributed by atoms with van der Waals surface area (Å²) in [7, 11) is 0.894. The third kappa shape index (κ3) is 2.15. The number of halogens is 1. The van der Waals surface area contributed by atoms with Crippen LogP contribution in [0, 0.1) is 20.8 Å².